The maximum atomic E-state index is 13.1. The van der Waals surface area contributed by atoms with E-state index >= 15 is 0 Å². The van der Waals surface area contributed by atoms with Crippen molar-refractivity contribution in [2.24, 2.45) is 0 Å². The Morgan fingerprint density at radius 1 is 1.04 bits per heavy atom. The lowest BCUT2D eigenvalue weighted by atomic mass is 10.1. The number of carbonyl (C=O) groups is 1. The summed E-state index contributed by atoms with van der Waals surface area (Å²) in [7, 11) is 0. The van der Waals surface area contributed by atoms with Gasteiger partial charge >= 0.3 is 0 Å². The number of morpholine rings is 1. The average Bonchev–Trinajstić information content (AvgIpc) is 3.19. The van der Waals surface area contributed by atoms with Crippen LogP contribution in [0.15, 0.2) is 60.8 Å². The second kappa shape index (κ2) is 7.61. The molecular formula is C20H18N4O4. The molecule has 0 unspecified atom stereocenters. The zero-order chi connectivity index (χ0) is 19.5. The van der Waals surface area contributed by atoms with Gasteiger partial charge in [-0.3, -0.25) is 14.9 Å². The number of aromatic nitrogens is 2. The molecule has 0 aliphatic carbocycles. The first-order chi connectivity index (χ1) is 13.6. The minimum atomic E-state index is -0.446. The molecule has 1 saturated heterocycles. The van der Waals surface area contributed by atoms with Crippen molar-refractivity contribution in [2.75, 3.05) is 26.3 Å². The third-order valence-electron chi connectivity index (χ3n) is 4.65. The third-order valence-corrected chi connectivity index (χ3v) is 4.65. The van der Waals surface area contributed by atoms with Gasteiger partial charge in [0.25, 0.3) is 11.6 Å². The van der Waals surface area contributed by atoms with Gasteiger partial charge in [-0.25, -0.2) is 4.68 Å². The van der Waals surface area contributed by atoms with Gasteiger partial charge in [-0.15, -0.1) is 0 Å². The van der Waals surface area contributed by atoms with Gasteiger partial charge in [-0.1, -0.05) is 30.3 Å². The molecular weight excluding hydrogens is 360 g/mol. The molecule has 4 rings (SSSR count). The minimum absolute atomic E-state index is 0.00165. The van der Waals surface area contributed by atoms with Crippen LogP contribution in [0.2, 0.25) is 0 Å². The van der Waals surface area contributed by atoms with Gasteiger partial charge in [0.1, 0.15) is 0 Å². The predicted molar refractivity (Wildman–Crippen MR) is 102 cm³/mol. The standard InChI is InChI=1S/C20H18N4O4/c25-20(22-10-12-28-13-11-22)18-14-21-23(19(18)15-4-2-1-3-5-15)16-6-8-17(9-7-16)24(26)27/h1-9,14H,10-13H2. The molecule has 0 bridgehead atoms. The summed E-state index contributed by atoms with van der Waals surface area (Å²) in [6.07, 6.45) is 1.56. The molecule has 0 atom stereocenters. The molecule has 1 amide bonds. The molecule has 3 aromatic rings. The summed E-state index contributed by atoms with van der Waals surface area (Å²) in [6.45, 7) is 2.11. The minimum Gasteiger partial charge on any atom is -0.378 e. The summed E-state index contributed by atoms with van der Waals surface area (Å²) < 4.78 is 6.98. The predicted octanol–water partition coefficient (Wildman–Crippen LogP) is 2.92. The Bertz CT molecular complexity index is 993. The van der Waals surface area contributed by atoms with Gasteiger partial charge in [0.05, 0.1) is 41.3 Å². The van der Waals surface area contributed by atoms with E-state index in [4.69, 9.17) is 4.74 Å². The summed E-state index contributed by atoms with van der Waals surface area (Å²) in [5.74, 6) is -0.102. The summed E-state index contributed by atoms with van der Waals surface area (Å²) in [4.78, 5) is 25.3. The first-order valence-corrected chi connectivity index (χ1v) is 8.90. The van der Waals surface area contributed by atoms with Crippen LogP contribution in [-0.4, -0.2) is 51.8 Å². The highest BCUT2D eigenvalue weighted by molar-refractivity contribution is 6.00. The zero-order valence-electron chi connectivity index (χ0n) is 15.0. The van der Waals surface area contributed by atoms with Crippen LogP contribution in [0.25, 0.3) is 16.9 Å². The van der Waals surface area contributed by atoms with E-state index in [2.05, 4.69) is 5.10 Å². The third kappa shape index (κ3) is 3.37. The number of benzene rings is 2. The molecule has 142 valence electrons. The van der Waals surface area contributed by atoms with E-state index in [1.165, 1.54) is 12.1 Å². The van der Waals surface area contributed by atoms with Crippen molar-refractivity contribution in [3.8, 4) is 16.9 Å². The molecule has 28 heavy (non-hydrogen) atoms. The molecule has 8 heteroatoms. The highest BCUT2D eigenvalue weighted by Gasteiger charge is 2.25. The van der Waals surface area contributed by atoms with Crippen molar-refractivity contribution in [2.45, 2.75) is 0 Å². The van der Waals surface area contributed by atoms with Crippen LogP contribution in [-0.2, 0) is 4.74 Å². The van der Waals surface area contributed by atoms with Crippen LogP contribution in [0.4, 0.5) is 5.69 Å². The number of amides is 1. The Labute approximate surface area is 161 Å². The first kappa shape index (κ1) is 17.9. The Balaban J connectivity index is 1.80. The van der Waals surface area contributed by atoms with Gasteiger partial charge in [-0.2, -0.15) is 5.10 Å². The maximum absolute atomic E-state index is 13.1. The number of hydrogen-bond acceptors (Lipinski definition) is 5. The number of hydrogen-bond donors (Lipinski definition) is 0. The van der Waals surface area contributed by atoms with E-state index in [1.54, 1.807) is 27.9 Å². The van der Waals surface area contributed by atoms with Crippen molar-refractivity contribution in [3.05, 3.63) is 76.5 Å². The van der Waals surface area contributed by atoms with E-state index in [-0.39, 0.29) is 11.6 Å². The molecule has 2 heterocycles. The van der Waals surface area contributed by atoms with E-state index in [1.807, 2.05) is 30.3 Å². The van der Waals surface area contributed by atoms with E-state index in [0.29, 0.717) is 43.2 Å². The molecule has 1 fully saturated rings. The number of ether oxygens (including phenoxy) is 1. The molecule has 1 aromatic heterocycles. The molecule has 0 radical (unpaired) electrons. The Morgan fingerprint density at radius 2 is 1.71 bits per heavy atom. The smallest absolute Gasteiger partial charge is 0.269 e. The molecule has 8 nitrogen and oxygen atoms in total. The van der Waals surface area contributed by atoms with Crippen molar-refractivity contribution in [1.29, 1.82) is 0 Å². The highest BCUT2D eigenvalue weighted by atomic mass is 16.6. The van der Waals surface area contributed by atoms with Crippen LogP contribution in [0.5, 0.6) is 0 Å². The second-order valence-corrected chi connectivity index (χ2v) is 6.36. The summed E-state index contributed by atoms with van der Waals surface area (Å²) >= 11 is 0. The highest BCUT2D eigenvalue weighted by Crippen LogP contribution is 2.28. The number of nitro groups is 1. The number of carbonyl (C=O) groups excluding carboxylic acids is 1. The SMILES string of the molecule is O=C(c1cnn(-c2ccc([N+](=O)[O-])cc2)c1-c1ccccc1)N1CCOCC1. The van der Waals surface area contributed by atoms with Crippen LogP contribution in [0, 0.1) is 10.1 Å². The molecule has 0 spiro atoms. The summed E-state index contributed by atoms with van der Waals surface area (Å²) in [5.41, 5.74) is 2.64. The van der Waals surface area contributed by atoms with E-state index in [9.17, 15) is 14.9 Å². The fourth-order valence-corrected chi connectivity index (χ4v) is 3.23. The number of nitrogens with zero attached hydrogens (tertiary/aromatic N) is 4. The Hall–Kier alpha value is -3.52. The van der Waals surface area contributed by atoms with Gasteiger partial charge in [-0.05, 0) is 12.1 Å². The zero-order valence-corrected chi connectivity index (χ0v) is 15.0. The van der Waals surface area contributed by atoms with Crippen molar-refractivity contribution < 1.29 is 14.5 Å². The van der Waals surface area contributed by atoms with E-state index < -0.39 is 4.92 Å². The number of non-ortho nitro benzene ring substituents is 1. The van der Waals surface area contributed by atoms with Gasteiger partial charge in [0.15, 0.2) is 0 Å². The largest absolute Gasteiger partial charge is 0.378 e. The van der Waals surface area contributed by atoms with Crippen LogP contribution in [0.1, 0.15) is 10.4 Å². The lowest BCUT2D eigenvalue weighted by Crippen LogP contribution is -2.40. The van der Waals surface area contributed by atoms with Crippen LogP contribution in [0.3, 0.4) is 0 Å². The van der Waals surface area contributed by atoms with Crippen molar-refractivity contribution >= 4 is 11.6 Å². The fourth-order valence-electron chi connectivity index (χ4n) is 3.23. The van der Waals surface area contributed by atoms with Crippen LogP contribution < -0.4 is 0 Å². The topological polar surface area (TPSA) is 90.5 Å². The number of nitro benzene ring substituents is 1. The molecule has 1 aliphatic heterocycles. The lowest BCUT2D eigenvalue weighted by Gasteiger charge is -2.26. The normalized spacial score (nSPS) is 14.1. The van der Waals surface area contributed by atoms with Crippen LogP contribution >= 0.6 is 0 Å². The van der Waals surface area contributed by atoms with Crippen molar-refractivity contribution in [3.63, 3.8) is 0 Å². The molecule has 2 aromatic carbocycles. The monoisotopic (exact) mass is 378 g/mol. The second-order valence-electron chi connectivity index (χ2n) is 6.36. The van der Waals surface area contributed by atoms with Crippen molar-refractivity contribution in [1.82, 2.24) is 14.7 Å². The Morgan fingerprint density at radius 3 is 2.36 bits per heavy atom. The number of rotatable bonds is 4. The van der Waals surface area contributed by atoms with Gasteiger partial charge in [0.2, 0.25) is 0 Å². The maximum Gasteiger partial charge on any atom is 0.269 e. The van der Waals surface area contributed by atoms with E-state index in [0.717, 1.165) is 5.56 Å². The molecule has 0 saturated carbocycles. The molecule has 0 N–H and O–H groups in total. The quantitative estimate of drug-likeness (QED) is 0.514. The van der Waals surface area contributed by atoms with Gasteiger partial charge < -0.3 is 9.64 Å². The fraction of sp³-hybridized carbons (Fsp3) is 0.200. The molecule has 1 aliphatic rings. The summed E-state index contributed by atoms with van der Waals surface area (Å²) in [6, 6.07) is 15.6. The van der Waals surface area contributed by atoms with Gasteiger partial charge in [0, 0.05) is 30.8 Å². The average molecular weight is 378 g/mol. The lowest BCUT2D eigenvalue weighted by molar-refractivity contribution is -0.384. The first-order valence-electron chi connectivity index (χ1n) is 8.90. The Kier molecular flexibility index (Phi) is 4.86. The summed E-state index contributed by atoms with van der Waals surface area (Å²) in [5, 5.41) is 15.3.